The van der Waals surface area contributed by atoms with E-state index in [0.29, 0.717) is 12.5 Å². The molecule has 0 aliphatic carbocycles. The summed E-state index contributed by atoms with van der Waals surface area (Å²) in [7, 11) is 0. The molecule has 0 N–H and O–H groups in total. The summed E-state index contributed by atoms with van der Waals surface area (Å²) >= 11 is 8.39. The maximum absolute atomic E-state index is 6.11. The van der Waals surface area contributed by atoms with Crippen LogP contribution in [0.4, 0.5) is 0 Å². The number of hydrogen-bond donors (Lipinski definition) is 0. The van der Waals surface area contributed by atoms with Gasteiger partial charge in [0.25, 0.3) is 0 Å². The van der Waals surface area contributed by atoms with Crippen LogP contribution in [0.5, 0.6) is 5.75 Å². The van der Waals surface area contributed by atoms with E-state index in [4.69, 9.17) is 16.3 Å². The summed E-state index contributed by atoms with van der Waals surface area (Å²) in [6, 6.07) is 3.99. The van der Waals surface area contributed by atoms with Crippen LogP contribution in [-0.4, -0.2) is 6.61 Å². The smallest absolute Gasteiger partial charge is 0.136 e. The van der Waals surface area contributed by atoms with E-state index in [1.54, 1.807) is 0 Å². The van der Waals surface area contributed by atoms with Crippen molar-refractivity contribution in [2.75, 3.05) is 6.61 Å². The van der Waals surface area contributed by atoms with Gasteiger partial charge in [-0.3, -0.25) is 0 Å². The second kappa shape index (κ2) is 6.70. The number of rotatable bonds is 5. The zero-order valence-electron chi connectivity index (χ0n) is 10.0. The van der Waals surface area contributed by atoms with Crippen LogP contribution >= 0.6 is 34.2 Å². The fraction of sp³-hybridized carbons (Fsp3) is 0.538. The molecule has 0 bridgehead atoms. The van der Waals surface area contributed by atoms with Crippen molar-refractivity contribution >= 4 is 34.2 Å². The monoisotopic (exact) mass is 352 g/mol. The molecule has 1 atom stereocenters. The number of benzene rings is 1. The van der Waals surface area contributed by atoms with Crippen LogP contribution in [0.25, 0.3) is 0 Å². The highest BCUT2D eigenvalue weighted by Crippen LogP contribution is 2.36. The molecule has 0 saturated carbocycles. The molecule has 90 valence electrons. The van der Waals surface area contributed by atoms with E-state index in [1.165, 1.54) is 12.0 Å². The summed E-state index contributed by atoms with van der Waals surface area (Å²) in [5.41, 5.74) is 1.24. The van der Waals surface area contributed by atoms with E-state index >= 15 is 0 Å². The maximum atomic E-state index is 6.11. The Bertz CT molecular complexity index is 352. The van der Waals surface area contributed by atoms with Gasteiger partial charge in [-0.05, 0) is 59.5 Å². The van der Waals surface area contributed by atoms with Crippen molar-refractivity contribution in [3.63, 3.8) is 0 Å². The Morgan fingerprint density at radius 1 is 1.38 bits per heavy atom. The molecule has 16 heavy (non-hydrogen) atoms. The topological polar surface area (TPSA) is 9.23 Å². The summed E-state index contributed by atoms with van der Waals surface area (Å²) in [4.78, 5) is 0. The third-order valence-corrected chi connectivity index (χ3v) is 3.60. The molecule has 0 aromatic heterocycles. The lowest BCUT2D eigenvalue weighted by Crippen LogP contribution is -2.02. The SMILES string of the molecule is CCCC(C)c1cc(Cl)cc(I)c1OCC. The van der Waals surface area contributed by atoms with Gasteiger partial charge < -0.3 is 4.74 Å². The molecule has 0 aliphatic rings. The first-order valence-corrected chi connectivity index (χ1v) is 7.17. The zero-order valence-corrected chi connectivity index (χ0v) is 12.9. The average Bonchev–Trinajstić information content (AvgIpc) is 2.22. The summed E-state index contributed by atoms with van der Waals surface area (Å²) < 4.78 is 6.83. The Labute approximate surface area is 117 Å². The largest absolute Gasteiger partial charge is 0.492 e. The lowest BCUT2D eigenvalue weighted by molar-refractivity contribution is 0.331. The minimum absolute atomic E-state index is 0.499. The molecule has 0 heterocycles. The van der Waals surface area contributed by atoms with Gasteiger partial charge >= 0.3 is 0 Å². The first-order chi connectivity index (χ1) is 7.60. The minimum atomic E-state index is 0.499. The fourth-order valence-electron chi connectivity index (χ4n) is 1.83. The van der Waals surface area contributed by atoms with E-state index in [9.17, 15) is 0 Å². The summed E-state index contributed by atoms with van der Waals surface area (Å²) in [6.07, 6.45) is 2.34. The molecule has 0 aliphatic heterocycles. The van der Waals surface area contributed by atoms with Crippen LogP contribution in [-0.2, 0) is 0 Å². The van der Waals surface area contributed by atoms with Gasteiger partial charge in [-0.15, -0.1) is 0 Å². The summed E-state index contributed by atoms with van der Waals surface area (Å²) in [5.74, 6) is 1.51. The average molecular weight is 353 g/mol. The lowest BCUT2D eigenvalue weighted by atomic mass is 9.96. The molecule has 1 aromatic rings. The third kappa shape index (κ3) is 3.52. The Balaban J connectivity index is 3.12. The molecule has 3 heteroatoms. The molecule has 0 amide bonds. The standard InChI is InChI=1S/C13H18ClIO/c1-4-6-9(3)11-7-10(14)8-12(15)13(11)16-5-2/h7-9H,4-6H2,1-3H3. The number of hydrogen-bond acceptors (Lipinski definition) is 1. The first kappa shape index (κ1) is 14.1. The lowest BCUT2D eigenvalue weighted by Gasteiger charge is -2.18. The Morgan fingerprint density at radius 2 is 2.06 bits per heavy atom. The van der Waals surface area contributed by atoms with Crippen LogP contribution in [0.2, 0.25) is 5.02 Å². The Hall–Kier alpha value is 0.0400. The minimum Gasteiger partial charge on any atom is -0.492 e. The van der Waals surface area contributed by atoms with Gasteiger partial charge in [0.2, 0.25) is 0 Å². The van der Waals surface area contributed by atoms with Gasteiger partial charge in [0.1, 0.15) is 5.75 Å². The van der Waals surface area contributed by atoms with Crippen molar-refractivity contribution in [3.05, 3.63) is 26.3 Å². The third-order valence-electron chi connectivity index (χ3n) is 2.58. The van der Waals surface area contributed by atoms with Gasteiger partial charge in [0.15, 0.2) is 0 Å². The molecule has 0 saturated heterocycles. The Kier molecular flexibility index (Phi) is 5.90. The molecule has 1 rings (SSSR count). The van der Waals surface area contributed by atoms with Crippen molar-refractivity contribution in [2.24, 2.45) is 0 Å². The zero-order chi connectivity index (χ0) is 12.1. The van der Waals surface area contributed by atoms with Crippen molar-refractivity contribution in [2.45, 2.75) is 39.5 Å². The molecule has 0 spiro atoms. The van der Waals surface area contributed by atoms with Gasteiger partial charge in [0.05, 0.1) is 10.2 Å². The maximum Gasteiger partial charge on any atom is 0.136 e. The second-order valence-electron chi connectivity index (χ2n) is 3.93. The van der Waals surface area contributed by atoms with Crippen molar-refractivity contribution < 1.29 is 4.74 Å². The highest BCUT2D eigenvalue weighted by atomic mass is 127. The van der Waals surface area contributed by atoms with Crippen LogP contribution in [0, 0.1) is 3.57 Å². The quantitative estimate of drug-likeness (QED) is 0.658. The van der Waals surface area contributed by atoms with E-state index in [1.807, 2.05) is 19.1 Å². The normalized spacial score (nSPS) is 12.6. The van der Waals surface area contributed by atoms with Gasteiger partial charge in [-0.2, -0.15) is 0 Å². The van der Waals surface area contributed by atoms with Crippen molar-refractivity contribution in [3.8, 4) is 5.75 Å². The number of ether oxygens (including phenoxy) is 1. The molecular weight excluding hydrogens is 334 g/mol. The van der Waals surface area contributed by atoms with E-state index in [0.717, 1.165) is 20.8 Å². The first-order valence-electron chi connectivity index (χ1n) is 5.71. The van der Waals surface area contributed by atoms with Crippen LogP contribution in [0.1, 0.15) is 45.1 Å². The highest BCUT2D eigenvalue weighted by Gasteiger charge is 2.15. The van der Waals surface area contributed by atoms with Crippen molar-refractivity contribution in [1.82, 2.24) is 0 Å². The molecule has 1 aromatic carbocycles. The molecule has 0 fully saturated rings. The van der Waals surface area contributed by atoms with Crippen LogP contribution in [0.3, 0.4) is 0 Å². The van der Waals surface area contributed by atoms with Gasteiger partial charge in [0, 0.05) is 5.02 Å². The van der Waals surface area contributed by atoms with Gasteiger partial charge in [-0.1, -0.05) is 31.9 Å². The fourth-order valence-corrected chi connectivity index (χ4v) is 3.04. The second-order valence-corrected chi connectivity index (χ2v) is 5.53. The highest BCUT2D eigenvalue weighted by molar-refractivity contribution is 14.1. The van der Waals surface area contributed by atoms with E-state index in [2.05, 4.69) is 36.4 Å². The molecular formula is C13H18ClIO. The summed E-state index contributed by atoms with van der Waals surface area (Å²) in [5, 5.41) is 0.797. The number of halogens is 2. The molecule has 1 unspecified atom stereocenters. The predicted molar refractivity (Wildman–Crippen MR) is 78.7 cm³/mol. The van der Waals surface area contributed by atoms with Crippen LogP contribution in [0.15, 0.2) is 12.1 Å². The van der Waals surface area contributed by atoms with E-state index in [-0.39, 0.29) is 0 Å². The van der Waals surface area contributed by atoms with Gasteiger partial charge in [-0.25, -0.2) is 0 Å². The molecule has 1 nitrogen and oxygen atoms in total. The Morgan fingerprint density at radius 3 is 2.62 bits per heavy atom. The van der Waals surface area contributed by atoms with Crippen molar-refractivity contribution in [1.29, 1.82) is 0 Å². The van der Waals surface area contributed by atoms with Crippen LogP contribution < -0.4 is 4.74 Å². The predicted octanol–water partition coefficient (Wildman–Crippen LogP) is 5.25. The molecule has 0 radical (unpaired) electrons. The van der Waals surface area contributed by atoms with E-state index < -0.39 is 0 Å². The summed E-state index contributed by atoms with van der Waals surface area (Å²) in [6.45, 7) is 7.14.